The second kappa shape index (κ2) is 17.3. The van der Waals surface area contributed by atoms with Crippen molar-refractivity contribution in [2.75, 3.05) is 27.3 Å². The number of alkyl halides is 4. The monoisotopic (exact) mass is 878 g/mol. The molecular formula is C45H54F4N8O6. The molecule has 4 N–H and O–H groups in total. The van der Waals surface area contributed by atoms with Crippen LogP contribution in [0.1, 0.15) is 95.2 Å². The first-order valence-corrected chi connectivity index (χ1v) is 21.1. The molecule has 3 aliphatic rings. The molecule has 0 radical (unpaired) electrons. The number of halogens is 4. The quantitative estimate of drug-likeness (QED) is 0.110. The number of methoxy groups -OCH3 is 2. The highest BCUT2D eigenvalue weighted by molar-refractivity contribution is 5.87. The van der Waals surface area contributed by atoms with Crippen LogP contribution in [0.3, 0.4) is 0 Å². The Kier molecular flexibility index (Phi) is 12.4. The molecular weight excluding hydrogens is 825 g/mol. The van der Waals surface area contributed by atoms with E-state index in [1.807, 2.05) is 36.4 Å². The minimum absolute atomic E-state index is 0.149. The van der Waals surface area contributed by atoms with Gasteiger partial charge in [-0.3, -0.25) is 9.59 Å². The van der Waals surface area contributed by atoms with Gasteiger partial charge in [0.25, 0.3) is 11.8 Å². The van der Waals surface area contributed by atoms with Gasteiger partial charge in [0.15, 0.2) is 0 Å². The van der Waals surface area contributed by atoms with E-state index in [9.17, 15) is 28.0 Å². The summed E-state index contributed by atoms with van der Waals surface area (Å²) in [6.07, 6.45) is 1.03. The standard InChI is InChI=1S/C45H54F4N8O6/c1-22(2)36(54-42(60)62-7)40(58)56-20-44(46,47)16-33(56)38-50-18-31(52-38)27-11-9-26(10-12-27)28-13-14-29(35-25(6)24(5)15-30(28)35)32-19-51-39(53-32)34-17-45(48,49)21-57(34)41(59)37(23(3)4)55-43(61)63-8/h9-14,18-19,22-25,33-34,36-37H,15-17,20-21H2,1-8H3,(H,50,52)(H,51,53)(H,54,60)(H,55,61)/t24?,25?,33-,34?,36-,37-/m0/s1. The average molecular weight is 879 g/mol. The molecule has 4 aromatic rings. The van der Waals surface area contributed by atoms with Gasteiger partial charge in [-0.15, -0.1) is 0 Å². The normalized spacial score (nSPS) is 22.3. The zero-order chi connectivity index (χ0) is 45.7. The molecule has 0 spiro atoms. The molecule has 63 heavy (non-hydrogen) atoms. The minimum atomic E-state index is -3.17. The summed E-state index contributed by atoms with van der Waals surface area (Å²) in [5.74, 6) is -7.55. The van der Waals surface area contributed by atoms with Crippen molar-refractivity contribution in [3.63, 3.8) is 0 Å². The molecule has 3 unspecified atom stereocenters. The van der Waals surface area contributed by atoms with E-state index in [2.05, 4.69) is 53.9 Å². The summed E-state index contributed by atoms with van der Waals surface area (Å²) in [5.41, 5.74) is 7.06. The highest BCUT2D eigenvalue weighted by Gasteiger charge is 2.52. The number of aromatic amines is 2. The van der Waals surface area contributed by atoms with Gasteiger partial charge in [-0.1, -0.05) is 77.9 Å². The van der Waals surface area contributed by atoms with Gasteiger partial charge in [0, 0.05) is 18.4 Å². The third kappa shape index (κ3) is 8.98. The maximum Gasteiger partial charge on any atom is 0.407 e. The Bertz CT molecular complexity index is 2360. The van der Waals surface area contributed by atoms with Crippen molar-refractivity contribution < 1.29 is 46.2 Å². The van der Waals surface area contributed by atoms with E-state index in [-0.39, 0.29) is 17.6 Å². The Hall–Kier alpha value is -5.94. The van der Waals surface area contributed by atoms with Crippen LogP contribution >= 0.6 is 0 Å². The van der Waals surface area contributed by atoms with Crippen LogP contribution in [0.4, 0.5) is 27.2 Å². The molecule has 2 fully saturated rings. The Morgan fingerprint density at radius 2 is 1.14 bits per heavy atom. The van der Waals surface area contributed by atoms with Crippen molar-refractivity contribution in [2.24, 2.45) is 17.8 Å². The zero-order valence-corrected chi connectivity index (χ0v) is 36.5. The summed E-state index contributed by atoms with van der Waals surface area (Å²) in [7, 11) is 2.33. The number of nitrogens with one attached hydrogen (secondary N) is 4. The number of likely N-dealkylation sites (tertiary alicyclic amines) is 2. The fourth-order valence-electron chi connectivity index (χ4n) is 9.16. The van der Waals surface area contributed by atoms with Crippen molar-refractivity contribution >= 4 is 24.0 Å². The molecule has 4 amide bonds. The zero-order valence-electron chi connectivity index (χ0n) is 36.5. The molecule has 6 atom stereocenters. The predicted octanol–water partition coefficient (Wildman–Crippen LogP) is 8.01. The average Bonchev–Trinajstić information content (AvgIpc) is 4.08. The van der Waals surface area contributed by atoms with E-state index in [4.69, 9.17) is 0 Å². The molecule has 1 aliphatic carbocycles. The molecule has 338 valence electrons. The van der Waals surface area contributed by atoms with E-state index in [1.165, 1.54) is 7.11 Å². The number of amides is 4. The number of aromatic nitrogens is 4. The fraction of sp³-hybridized carbons (Fsp3) is 0.511. The van der Waals surface area contributed by atoms with Crippen LogP contribution in [0.2, 0.25) is 0 Å². The summed E-state index contributed by atoms with van der Waals surface area (Å²) in [5, 5.41) is 4.97. The largest absolute Gasteiger partial charge is 0.453 e. The molecule has 2 aromatic carbocycles. The number of hydrogen-bond acceptors (Lipinski definition) is 8. The van der Waals surface area contributed by atoms with E-state index < -0.39 is 97.8 Å². The van der Waals surface area contributed by atoms with Crippen molar-refractivity contribution in [3.8, 4) is 33.6 Å². The molecule has 4 heterocycles. The number of carbonyl (C=O) groups is 4. The number of carbonyl (C=O) groups excluding carboxylic acids is 4. The summed E-state index contributed by atoms with van der Waals surface area (Å²) >= 11 is 0. The topological polar surface area (TPSA) is 175 Å². The van der Waals surface area contributed by atoms with E-state index in [0.29, 0.717) is 17.3 Å². The smallest absolute Gasteiger partial charge is 0.407 e. The van der Waals surface area contributed by atoms with Gasteiger partial charge in [0.2, 0.25) is 11.8 Å². The second-order valence-corrected chi connectivity index (χ2v) is 17.8. The molecule has 2 saturated heterocycles. The first kappa shape index (κ1) is 45.1. The number of benzene rings is 2. The Balaban J connectivity index is 1.13. The third-order valence-electron chi connectivity index (χ3n) is 12.7. The fourth-order valence-corrected chi connectivity index (χ4v) is 9.16. The lowest BCUT2D eigenvalue weighted by molar-refractivity contribution is -0.137. The summed E-state index contributed by atoms with van der Waals surface area (Å²) in [6, 6.07) is 7.53. The van der Waals surface area contributed by atoms with Crippen molar-refractivity contribution in [2.45, 2.75) is 103 Å². The van der Waals surface area contributed by atoms with Crippen LogP contribution in [0.15, 0.2) is 48.8 Å². The number of imidazole rings is 2. The van der Waals surface area contributed by atoms with Gasteiger partial charge in [-0.2, -0.15) is 0 Å². The summed E-state index contributed by atoms with van der Waals surface area (Å²) in [4.78, 5) is 68.9. The second-order valence-electron chi connectivity index (χ2n) is 17.8. The highest BCUT2D eigenvalue weighted by Crippen LogP contribution is 2.48. The molecule has 0 bridgehead atoms. The number of alkyl carbamates (subject to hydrolysis) is 2. The van der Waals surface area contributed by atoms with Gasteiger partial charge in [0.1, 0.15) is 23.7 Å². The maximum atomic E-state index is 15.0. The molecule has 18 heteroatoms. The number of nitrogens with zero attached hydrogens (tertiary/aromatic N) is 4. The Morgan fingerprint density at radius 3 is 1.62 bits per heavy atom. The predicted molar refractivity (Wildman–Crippen MR) is 225 cm³/mol. The molecule has 2 aromatic heterocycles. The number of fused-ring (bicyclic) bond motifs is 1. The van der Waals surface area contributed by atoms with Gasteiger partial charge in [-0.25, -0.2) is 37.1 Å². The number of ether oxygens (including phenoxy) is 2. The molecule has 7 rings (SSSR count). The SMILES string of the molecule is COC(=O)N[C@H](C(=O)N1CC(F)(F)CC1c1ncc(-c2ccc(-c3ccc(-c4cnc([C@@H]5CC(F)(F)CN5C(=O)[C@@H](NC(=O)OC)C(C)C)[nH]4)cc3)c3c2C(C)C(C)C3)[nH]1)C(C)C. The van der Waals surface area contributed by atoms with Crippen molar-refractivity contribution in [1.82, 2.24) is 40.4 Å². The van der Waals surface area contributed by atoms with Gasteiger partial charge in [0.05, 0.1) is 63.2 Å². The Labute approximate surface area is 362 Å². The van der Waals surface area contributed by atoms with Crippen LogP contribution in [-0.2, 0) is 25.5 Å². The van der Waals surface area contributed by atoms with Gasteiger partial charge < -0.3 is 39.9 Å². The lowest BCUT2D eigenvalue weighted by atomic mass is 9.89. The van der Waals surface area contributed by atoms with Crippen LogP contribution in [0.25, 0.3) is 33.6 Å². The highest BCUT2D eigenvalue weighted by atomic mass is 19.3. The lowest BCUT2D eigenvalue weighted by Gasteiger charge is -2.29. The first-order valence-electron chi connectivity index (χ1n) is 21.1. The van der Waals surface area contributed by atoms with Gasteiger partial charge >= 0.3 is 12.2 Å². The maximum absolute atomic E-state index is 15.0. The lowest BCUT2D eigenvalue weighted by Crippen LogP contribution is -2.51. The van der Waals surface area contributed by atoms with Crippen molar-refractivity contribution in [3.05, 3.63) is 71.6 Å². The minimum Gasteiger partial charge on any atom is -0.453 e. The Morgan fingerprint density at radius 1 is 0.698 bits per heavy atom. The van der Waals surface area contributed by atoms with Gasteiger partial charge in [-0.05, 0) is 57.9 Å². The van der Waals surface area contributed by atoms with Crippen molar-refractivity contribution in [1.29, 1.82) is 0 Å². The summed E-state index contributed by atoms with van der Waals surface area (Å²) in [6.45, 7) is 9.55. The van der Waals surface area contributed by atoms with Crippen LogP contribution < -0.4 is 10.6 Å². The number of rotatable bonds is 11. The summed E-state index contributed by atoms with van der Waals surface area (Å²) < 4.78 is 69.2. The molecule has 14 nitrogen and oxygen atoms in total. The first-order chi connectivity index (χ1) is 29.7. The third-order valence-corrected chi connectivity index (χ3v) is 12.7. The van der Waals surface area contributed by atoms with Crippen LogP contribution in [0, 0.1) is 17.8 Å². The number of hydrogen-bond donors (Lipinski definition) is 4. The van der Waals surface area contributed by atoms with E-state index >= 15 is 8.78 Å². The molecule has 2 aliphatic heterocycles. The van der Waals surface area contributed by atoms with Crippen LogP contribution in [0.5, 0.6) is 0 Å². The van der Waals surface area contributed by atoms with E-state index in [1.54, 1.807) is 40.1 Å². The van der Waals surface area contributed by atoms with Crippen LogP contribution in [-0.4, -0.2) is 105 Å². The van der Waals surface area contributed by atoms with E-state index in [0.717, 1.165) is 56.7 Å². The molecule has 0 saturated carbocycles. The number of H-pyrrole nitrogens is 2.